The first kappa shape index (κ1) is 46.2. The maximum atomic E-state index is 2.80. The molecule has 0 saturated heterocycles. The van der Waals surface area contributed by atoms with Crippen LogP contribution in [-0.4, -0.2) is 41.4 Å². The van der Waals surface area contributed by atoms with E-state index < -0.39 is 21.0 Å². The molecule has 0 heterocycles. The minimum Gasteiger partial charge on any atom is -0.0562 e. The Morgan fingerprint density at radius 3 is 0.655 bits per heavy atom. The molecule has 0 bridgehead atoms. The third kappa shape index (κ3) is 8.01. The van der Waals surface area contributed by atoms with Crippen molar-refractivity contribution >= 4 is 31.4 Å². The first-order valence-electron chi connectivity index (χ1n) is 25.7. The van der Waals surface area contributed by atoms with Crippen molar-refractivity contribution in [2.24, 2.45) is 0 Å². The van der Waals surface area contributed by atoms with E-state index in [2.05, 4.69) is 76.2 Å². The zero-order valence-corrected chi connectivity index (χ0v) is 43.8. The molecule has 8 rings (SSSR count). The van der Waals surface area contributed by atoms with Crippen molar-refractivity contribution in [3.05, 3.63) is 57.6 Å². The summed E-state index contributed by atoms with van der Waals surface area (Å²) in [5.74, 6) is 0. The van der Waals surface area contributed by atoms with E-state index >= 15 is 0 Å². The summed E-state index contributed by atoms with van der Waals surface area (Å²) in [4.78, 5) is 0. The summed E-state index contributed by atoms with van der Waals surface area (Å²) in [6, 6.07) is 11.2. The summed E-state index contributed by atoms with van der Waals surface area (Å²) in [6.45, 7) is 12.5. The van der Waals surface area contributed by atoms with Crippen LogP contribution in [0.3, 0.4) is 0 Å². The second kappa shape index (κ2) is 20.4. The molecule has 6 aliphatic carbocycles. The second-order valence-electron chi connectivity index (χ2n) is 21.6. The monoisotopic (exact) mass is 1020 g/mol. The zero-order valence-electron chi connectivity index (χ0n) is 38.7. The molecule has 6 fully saturated rings. The van der Waals surface area contributed by atoms with Crippen LogP contribution in [0.1, 0.15) is 226 Å². The van der Waals surface area contributed by atoms with E-state index in [0.29, 0.717) is 0 Å². The van der Waals surface area contributed by atoms with Gasteiger partial charge in [-0.05, 0) is 218 Å². The second-order valence-corrected chi connectivity index (χ2v) is 41.4. The average Bonchev–Trinajstić information content (AvgIpc) is 3.23. The standard InChI is InChI=1S/C54H88P2Si.Pt/c1-41-37-43(3)53(44(4)38-41)57(54-45(5)39-42(2)40-46(54)6,55(47-25-13-7-14-26-47,48-27-15-8-16-28-48)49-29-17-9-18-30-49)56(50-31-19-10-20-32-50,51-33-21-11-22-34-51)52-35-23-12-24-36-52;/h37-40,47-52H,7-36H2,1-6H3;/q+2;. The van der Waals surface area contributed by atoms with Crippen LogP contribution >= 0.6 is 13.6 Å². The van der Waals surface area contributed by atoms with Gasteiger partial charge in [0.25, 0.3) is 0 Å². The van der Waals surface area contributed by atoms with Gasteiger partial charge in [-0.1, -0.05) is 73.9 Å². The molecular weight excluding hydrogens is 934 g/mol. The van der Waals surface area contributed by atoms with E-state index in [4.69, 9.17) is 0 Å². The molecule has 4 heteroatoms. The summed E-state index contributed by atoms with van der Waals surface area (Å²) in [5.41, 5.74) is 16.5. The van der Waals surface area contributed by atoms with Gasteiger partial charge in [0.15, 0.2) is 0 Å². The Morgan fingerprint density at radius 1 is 0.310 bits per heavy atom. The van der Waals surface area contributed by atoms with Crippen molar-refractivity contribution in [2.45, 2.75) is 268 Å². The molecule has 6 aliphatic rings. The van der Waals surface area contributed by atoms with Crippen molar-refractivity contribution < 1.29 is 21.1 Å². The predicted octanol–water partition coefficient (Wildman–Crippen LogP) is 16.1. The van der Waals surface area contributed by atoms with Gasteiger partial charge in [0.05, 0.1) is 34.0 Å². The number of hydrogen-bond donors (Lipinski definition) is 0. The Kier molecular flexibility index (Phi) is 16.2. The molecule has 2 aromatic rings. The van der Waals surface area contributed by atoms with Gasteiger partial charge in [0, 0.05) is 45.1 Å². The number of rotatable bonds is 10. The molecule has 0 spiro atoms. The Hall–Kier alpha value is 0.205. The third-order valence-corrected chi connectivity index (χ3v) is 56.0. The molecule has 0 atom stereocenters. The Balaban J connectivity index is 0.00000512. The van der Waals surface area contributed by atoms with Gasteiger partial charge in [-0.3, -0.25) is 0 Å². The SMILES string of the molecule is Cc1cc(C)c([Si](c2c(C)cc(C)cc2C)([P+](C2CCCCC2)(C2CCCCC2)C2CCCCC2)[P+](C2CCCCC2)(C2CCCCC2)C2CCCCC2)c(C)c1.[Pt]. The first-order valence-corrected chi connectivity index (χ1v) is 33.4. The van der Waals surface area contributed by atoms with Crippen molar-refractivity contribution in [3.63, 3.8) is 0 Å². The number of aryl methyl sites for hydroxylation is 6. The summed E-state index contributed by atoms with van der Waals surface area (Å²) >= 11 is 0. The molecule has 0 unspecified atom stereocenters. The predicted molar refractivity (Wildman–Crippen MR) is 261 cm³/mol. The van der Waals surface area contributed by atoms with Crippen LogP contribution in [-0.2, 0) is 21.1 Å². The first-order chi connectivity index (χ1) is 27.8. The Labute approximate surface area is 375 Å². The molecule has 0 N–H and O–H groups in total. The van der Waals surface area contributed by atoms with Crippen LogP contribution in [0.25, 0.3) is 0 Å². The van der Waals surface area contributed by atoms with Gasteiger partial charge in [0.1, 0.15) is 0 Å². The van der Waals surface area contributed by atoms with Gasteiger partial charge >= 0.3 is 7.41 Å². The minimum absolute atomic E-state index is 0. The molecule has 0 aliphatic heterocycles. The fraction of sp³-hybridized carbons (Fsp3) is 0.778. The topological polar surface area (TPSA) is 0 Å². The smallest absolute Gasteiger partial charge is 0.0562 e. The normalized spacial score (nSPS) is 23.8. The van der Waals surface area contributed by atoms with E-state index in [9.17, 15) is 0 Å². The number of benzene rings is 2. The molecule has 2 aromatic carbocycles. The van der Waals surface area contributed by atoms with Gasteiger partial charge in [-0.15, -0.1) is 0 Å². The Bertz CT molecular complexity index is 1370. The van der Waals surface area contributed by atoms with Crippen LogP contribution in [0, 0.1) is 41.5 Å². The molecular formula is C54H88P2PtSi+2. The minimum atomic E-state index is -2.63. The molecule has 0 amide bonds. The summed E-state index contributed by atoms with van der Waals surface area (Å²) in [6.07, 6.45) is 46.7. The van der Waals surface area contributed by atoms with E-state index in [0.717, 1.165) is 34.0 Å². The number of hydrogen-bond acceptors (Lipinski definition) is 0. The molecule has 0 nitrogen and oxygen atoms in total. The maximum Gasteiger partial charge on any atom is 0.462 e. The fourth-order valence-electron chi connectivity index (χ4n) is 17.1. The Morgan fingerprint density at radius 2 is 0.483 bits per heavy atom. The van der Waals surface area contributed by atoms with Crippen LogP contribution in [0.2, 0.25) is 0 Å². The van der Waals surface area contributed by atoms with Gasteiger partial charge in [0.2, 0.25) is 0 Å². The maximum absolute atomic E-state index is 2.80. The van der Waals surface area contributed by atoms with E-state index in [-0.39, 0.29) is 21.1 Å². The molecule has 58 heavy (non-hydrogen) atoms. The molecule has 0 aromatic heterocycles. The van der Waals surface area contributed by atoms with Gasteiger partial charge in [-0.25, -0.2) is 0 Å². The van der Waals surface area contributed by atoms with Gasteiger partial charge < -0.3 is 0 Å². The van der Waals surface area contributed by atoms with E-state index in [1.165, 1.54) is 116 Å². The van der Waals surface area contributed by atoms with Gasteiger partial charge in [-0.2, -0.15) is 0 Å². The van der Waals surface area contributed by atoms with Crippen molar-refractivity contribution in [1.82, 2.24) is 0 Å². The quantitative estimate of drug-likeness (QED) is 0.164. The third-order valence-electron chi connectivity index (χ3n) is 18.2. The van der Waals surface area contributed by atoms with Crippen LogP contribution in [0.4, 0.5) is 0 Å². The zero-order chi connectivity index (χ0) is 39.6. The summed E-state index contributed by atoms with van der Waals surface area (Å²) < 4.78 is 0. The van der Waals surface area contributed by atoms with Crippen molar-refractivity contribution in [1.29, 1.82) is 0 Å². The van der Waals surface area contributed by atoms with Crippen molar-refractivity contribution in [2.75, 3.05) is 0 Å². The summed E-state index contributed by atoms with van der Waals surface area (Å²) in [7, 11) is -2.63. The average molecular weight is 1020 g/mol. The van der Waals surface area contributed by atoms with Crippen LogP contribution < -0.4 is 10.4 Å². The molecule has 6 saturated carbocycles. The largest absolute Gasteiger partial charge is 0.462 e. The van der Waals surface area contributed by atoms with Crippen molar-refractivity contribution in [3.8, 4) is 0 Å². The summed E-state index contributed by atoms with van der Waals surface area (Å²) in [5, 5.41) is 4.32. The fourth-order valence-corrected chi connectivity index (χ4v) is 75.1. The van der Waals surface area contributed by atoms with E-state index in [1.54, 1.807) is 110 Å². The molecule has 326 valence electrons. The van der Waals surface area contributed by atoms with Crippen LogP contribution in [0.15, 0.2) is 24.3 Å². The molecule has 0 radical (unpaired) electrons. The van der Waals surface area contributed by atoms with E-state index in [1.807, 2.05) is 0 Å². The van der Waals surface area contributed by atoms with Crippen LogP contribution in [0.5, 0.6) is 0 Å².